The van der Waals surface area contributed by atoms with Gasteiger partial charge in [0.2, 0.25) is 0 Å². The number of hydrogen-bond donors (Lipinski definition) is 2. The highest BCUT2D eigenvalue weighted by Gasteiger charge is 2.08. The molecule has 3 N–H and O–H groups in total. The molecule has 2 aromatic heterocycles. The number of nitrogens with zero attached hydrogens (tertiary/aromatic N) is 5. The number of nitrogen functional groups attached to an aromatic ring is 1. The standard InChI is InChI=1S/C9H15N7/c1-7-8(10)9(15(2)13-7)11-3-5-16-6-4-12-14-16/h4,6,11H,3,5,10H2,1-2H3. The Morgan fingerprint density at radius 2 is 2.31 bits per heavy atom. The zero-order valence-electron chi connectivity index (χ0n) is 9.38. The van der Waals surface area contributed by atoms with E-state index in [1.54, 1.807) is 15.6 Å². The van der Waals surface area contributed by atoms with Gasteiger partial charge in [-0.1, -0.05) is 5.21 Å². The van der Waals surface area contributed by atoms with Crippen LogP contribution in [0.2, 0.25) is 0 Å². The fourth-order valence-electron chi connectivity index (χ4n) is 1.53. The zero-order chi connectivity index (χ0) is 11.5. The molecule has 7 heteroatoms. The molecule has 2 aromatic rings. The van der Waals surface area contributed by atoms with Crippen LogP contribution in [0.5, 0.6) is 0 Å². The van der Waals surface area contributed by atoms with Crippen molar-refractivity contribution in [3.05, 3.63) is 18.1 Å². The second kappa shape index (κ2) is 4.21. The van der Waals surface area contributed by atoms with Gasteiger partial charge in [0.25, 0.3) is 0 Å². The molecular formula is C9H15N7. The first-order valence-corrected chi connectivity index (χ1v) is 5.05. The molecule has 0 saturated heterocycles. The van der Waals surface area contributed by atoms with Crippen LogP contribution in [0, 0.1) is 6.92 Å². The Bertz CT molecular complexity index is 456. The number of hydrogen-bond acceptors (Lipinski definition) is 5. The highest BCUT2D eigenvalue weighted by atomic mass is 15.4. The van der Waals surface area contributed by atoms with E-state index < -0.39 is 0 Å². The maximum Gasteiger partial charge on any atom is 0.147 e. The van der Waals surface area contributed by atoms with Crippen LogP contribution in [-0.4, -0.2) is 31.3 Å². The first kappa shape index (κ1) is 10.5. The summed E-state index contributed by atoms with van der Waals surface area (Å²) >= 11 is 0. The van der Waals surface area contributed by atoms with Gasteiger partial charge >= 0.3 is 0 Å². The van der Waals surface area contributed by atoms with Crippen molar-refractivity contribution in [2.75, 3.05) is 17.6 Å². The van der Waals surface area contributed by atoms with Crippen LogP contribution in [-0.2, 0) is 13.6 Å². The van der Waals surface area contributed by atoms with E-state index >= 15 is 0 Å². The van der Waals surface area contributed by atoms with Crippen molar-refractivity contribution in [2.45, 2.75) is 13.5 Å². The van der Waals surface area contributed by atoms with Crippen molar-refractivity contribution in [3.63, 3.8) is 0 Å². The Morgan fingerprint density at radius 1 is 1.50 bits per heavy atom. The monoisotopic (exact) mass is 221 g/mol. The Hall–Kier alpha value is -2.05. The summed E-state index contributed by atoms with van der Waals surface area (Å²) in [5.74, 6) is 0.845. The van der Waals surface area contributed by atoms with Crippen molar-refractivity contribution in [3.8, 4) is 0 Å². The van der Waals surface area contributed by atoms with Crippen LogP contribution in [0.25, 0.3) is 0 Å². The summed E-state index contributed by atoms with van der Waals surface area (Å²) in [6.45, 7) is 3.36. The van der Waals surface area contributed by atoms with Gasteiger partial charge in [-0.25, -0.2) is 0 Å². The van der Waals surface area contributed by atoms with Gasteiger partial charge in [0.1, 0.15) is 5.82 Å². The second-order valence-electron chi connectivity index (χ2n) is 3.56. The van der Waals surface area contributed by atoms with Crippen LogP contribution < -0.4 is 11.1 Å². The summed E-state index contributed by atoms with van der Waals surface area (Å²) in [7, 11) is 1.86. The number of aryl methyl sites for hydroxylation is 2. The zero-order valence-corrected chi connectivity index (χ0v) is 9.38. The average Bonchev–Trinajstić information content (AvgIpc) is 2.82. The van der Waals surface area contributed by atoms with Gasteiger partial charge in [0.05, 0.1) is 24.1 Å². The van der Waals surface area contributed by atoms with E-state index in [0.717, 1.165) is 24.6 Å². The molecule has 0 amide bonds. The molecule has 0 saturated carbocycles. The largest absolute Gasteiger partial charge is 0.394 e. The lowest BCUT2D eigenvalue weighted by molar-refractivity contribution is 0.606. The lowest BCUT2D eigenvalue weighted by Crippen LogP contribution is -2.14. The van der Waals surface area contributed by atoms with Gasteiger partial charge in [-0.15, -0.1) is 5.10 Å². The summed E-state index contributed by atoms with van der Waals surface area (Å²) in [6, 6.07) is 0. The Labute approximate surface area is 93.2 Å². The van der Waals surface area contributed by atoms with Crippen molar-refractivity contribution < 1.29 is 0 Å². The van der Waals surface area contributed by atoms with Crippen molar-refractivity contribution in [2.24, 2.45) is 7.05 Å². The Morgan fingerprint density at radius 3 is 2.88 bits per heavy atom. The molecule has 0 aromatic carbocycles. The summed E-state index contributed by atoms with van der Waals surface area (Å²) in [5.41, 5.74) is 7.42. The minimum atomic E-state index is 0.695. The highest BCUT2D eigenvalue weighted by Crippen LogP contribution is 2.20. The first-order valence-electron chi connectivity index (χ1n) is 5.05. The van der Waals surface area contributed by atoms with Gasteiger partial charge in [0.15, 0.2) is 0 Å². The molecule has 0 aliphatic rings. The third kappa shape index (κ3) is 1.97. The minimum Gasteiger partial charge on any atom is -0.394 e. The SMILES string of the molecule is Cc1nn(C)c(NCCn2ccnn2)c1N. The fourth-order valence-corrected chi connectivity index (χ4v) is 1.53. The van der Waals surface area contributed by atoms with Gasteiger partial charge in [-0.2, -0.15) is 5.10 Å². The van der Waals surface area contributed by atoms with Gasteiger partial charge in [-0.3, -0.25) is 9.36 Å². The average molecular weight is 221 g/mol. The quantitative estimate of drug-likeness (QED) is 0.759. The molecule has 2 rings (SSSR count). The predicted molar refractivity (Wildman–Crippen MR) is 60.9 cm³/mol. The van der Waals surface area contributed by atoms with E-state index in [1.807, 2.05) is 20.2 Å². The van der Waals surface area contributed by atoms with Crippen molar-refractivity contribution >= 4 is 11.5 Å². The maximum atomic E-state index is 5.88. The van der Waals surface area contributed by atoms with Crippen molar-refractivity contribution in [1.82, 2.24) is 24.8 Å². The van der Waals surface area contributed by atoms with Gasteiger partial charge < -0.3 is 11.1 Å². The summed E-state index contributed by atoms with van der Waals surface area (Å²) in [6.07, 6.45) is 3.47. The van der Waals surface area contributed by atoms with Crippen LogP contribution in [0.15, 0.2) is 12.4 Å². The van der Waals surface area contributed by atoms with E-state index in [1.165, 1.54) is 0 Å². The van der Waals surface area contributed by atoms with E-state index in [4.69, 9.17) is 5.73 Å². The molecule has 0 unspecified atom stereocenters. The molecule has 0 bridgehead atoms. The smallest absolute Gasteiger partial charge is 0.147 e. The molecule has 2 heterocycles. The third-order valence-electron chi connectivity index (χ3n) is 2.37. The van der Waals surface area contributed by atoms with Crippen LogP contribution >= 0.6 is 0 Å². The van der Waals surface area contributed by atoms with E-state index in [-0.39, 0.29) is 0 Å². The third-order valence-corrected chi connectivity index (χ3v) is 2.37. The number of nitrogens with two attached hydrogens (primary N) is 1. The maximum absolute atomic E-state index is 5.88. The van der Waals surface area contributed by atoms with Crippen LogP contribution in [0.1, 0.15) is 5.69 Å². The number of rotatable bonds is 4. The summed E-state index contributed by atoms with van der Waals surface area (Å²) in [4.78, 5) is 0. The topological polar surface area (TPSA) is 86.6 Å². The first-order chi connectivity index (χ1) is 7.68. The molecular weight excluding hydrogens is 206 g/mol. The molecule has 16 heavy (non-hydrogen) atoms. The lowest BCUT2D eigenvalue weighted by atomic mass is 10.4. The number of aromatic nitrogens is 5. The van der Waals surface area contributed by atoms with E-state index in [2.05, 4.69) is 20.7 Å². The second-order valence-corrected chi connectivity index (χ2v) is 3.56. The molecule has 0 radical (unpaired) electrons. The molecule has 0 atom stereocenters. The van der Waals surface area contributed by atoms with E-state index in [0.29, 0.717) is 5.69 Å². The molecule has 0 fully saturated rings. The molecule has 0 aliphatic carbocycles. The molecule has 7 nitrogen and oxygen atoms in total. The van der Waals surface area contributed by atoms with Crippen LogP contribution in [0.4, 0.5) is 11.5 Å². The van der Waals surface area contributed by atoms with Crippen molar-refractivity contribution in [1.29, 1.82) is 0 Å². The van der Waals surface area contributed by atoms with Crippen LogP contribution in [0.3, 0.4) is 0 Å². The summed E-state index contributed by atoms with van der Waals surface area (Å²) in [5, 5.41) is 15.0. The molecule has 86 valence electrons. The fraction of sp³-hybridized carbons (Fsp3) is 0.444. The normalized spacial score (nSPS) is 10.6. The Balaban J connectivity index is 1.95. The molecule has 0 spiro atoms. The predicted octanol–water partition coefficient (Wildman–Crippen LogP) is 0.0143. The number of nitrogens with one attached hydrogen (secondary N) is 1. The van der Waals surface area contributed by atoms with Gasteiger partial charge in [-0.05, 0) is 6.92 Å². The molecule has 0 aliphatic heterocycles. The van der Waals surface area contributed by atoms with Gasteiger partial charge in [0, 0.05) is 19.8 Å². The number of anilines is 2. The summed E-state index contributed by atoms with van der Waals surface area (Å²) < 4.78 is 3.50. The van der Waals surface area contributed by atoms with E-state index in [9.17, 15) is 0 Å². The Kier molecular flexibility index (Phi) is 2.76. The highest BCUT2D eigenvalue weighted by molar-refractivity contribution is 5.64. The minimum absolute atomic E-state index is 0.695. The lowest BCUT2D eigenvalue weighted by Gasteiger charge is -2.07.